The van der Waals surface area contributed by atoms with Gasteiger partial charge in [0.2, 0.25) is 0 Å². The van der Waals surface area contributed by atoms with Crippen molar-refractivity contribution >= 4 is 0 Å². The second kappa shape index (κ2) is 5.29. The van der Waals surface area contributed by atoms with Crippen LogP contribution in [0.25, 0.3) is 0 Å². The summed E-state index contributed by atoms with van der Waals surface area (Å²) in [7, 11) is 0. The molecule has 0 aliphatic carbocycles. The van der Waals surface area contributed by atoms with Gasteiger partial charge in [-0.25, -0.2) is 4.68 Å². The van der Waals surface area contributed by atoms with Gasteiger partial charge in [0, 0.05) is 19.0 Å². The summed E-state index contributed by atoms with van der Waals surface area (Å²) in [4.78, 5) is 0. The van der Waals surface area contributed by atoms with Gasteiger partial charge < -0.3 is 5.73 Å². The SMILES string of the molecule is CCCn1nncc1C(N)CCC(F)(F)F. The molecule has 0 aromatic carbocycles. The van der Waals surface area contributed by atoms with Crippen LogP contribution in [0.1, 0.15) is 37.9 Å². The summed E-state index contributed by atoms with van der Waals surface area (Å²) in [5.41, 5.74) is 6.24. The Kier molecular flexibility index (Phi) is 4.28. The van der Waals surface area contributed by atoms with Crippen molar-refractivity contribution in [1.29, 1.82) is 0 Å². The third kappa shape index (κ3) is 3.80. The van der Waals surface area contributed by atoms with E-state index < -0.39 is 18.6 Å². The Morgan fingerprint density at radius 1 is 1.50 bits per heavy atom. The normalized spacial score (nSPS) is 14.1. The highest BCUT2D eigenvalue weighted by Gasteiger charge is 2.28. The molecule has 2 N–H and O–H groups in total. The number of rotatable bonds is 5. The molecule has 1 aromatic rings. The Labute approximate surface area is 91.6 Å². The van der Waals surface area contributed by atoms with Crippen LogP contribution in [0, 0.1) is 0 Å². The number of aryl methyl sites for hydroxylation is 1. The van der Waals surface area contributed by atoms with E-state index in [1.165, 1.54) is 6.20 Å². The van der Waals surface area contributed by atoms with Crippen molar-refractivity contribution in [1.82, 2.24) is 15.0 Å². The molecule has 0 bridgehead atoms. The van der Waals surface area contributed by atoms with Crippen LogP contribution in [0.15, 0.2) is 6.20 Å². The van der Waals surface area contributed by atoms with Crippen LogP contribution < -0.4 is 5.73 Å². The molecule has 0 saturated heterocycles. The van der Waals surface area contributed by atoms with Crippen molar-refractivity contribution in [2.24, 2.45) is 5.73 Å². The Balaban J connectivity index is 2.58. The number of halogens is 3. The summed E-state index contributed by atoms with van der Waals surface area (Å²) >= 11 is 0. The molecule has 1 aromatic heterocycles. The lowest BCUT2D eigenvalue weighted by Gasteiger charge is -2.13. The molecule has 16 heavy (non-hydrogen) atoms. The number of aromatic nitrogens is 3. The molecule has 4 nitrogen and oxygen atoms in total. The first-order valence-electron chi connectivity index (χ1n) is 5.14. The Morgan fingerprint density at radius 3 is 2.75 bits per heavy atom. The predicted molar refractivity (Wildman–Crippen MR) is 52.5 cm³/mol. The Morgan fingerprint density at radius 2 is 2.19 bits per heavy atom. The zero-order valence-electron chi connectivity index (χ0n) is 9.04. The summed E-state index contributed by atoms with van der Waals surface area (Å²) in [5.74, 6) is 0. The molecule has 0 amide bonds. The molecule has 92 valence electrons. The molecule has 1 atom stereocenters. The van der Waals surface area contributed by atoms with E-state index in [2.05, 4.69) is 10.3 Å². The number of nitrogens with zero attached hydrogens (tertiary/aromatic N) is 3. The highest BCUT2D eigenvalue weighted by Crippen LogP contribution is 2.25. The summed E-state index contributed by atoms with van der Waals surface area (Å²) in [6, 6.07) is -0.664. The topological polar surface area (TPSA) is 56.7 Å². The van der Waals surface area contributed by atoms with E-state index in [1.54, 1.807) is 4.68 Å². The minimum atomic E-state index is -4.17. The third-order valence-corrected chi connectivity index (χ3v) is 2.20. The first kappa shape index (κ1) is 13.0. The minimum absolute atomic E-state index is 0.138. The third-order valence-electron chi connectivity index (χ3n) is 2.20. The highest BCUT2D eigenvalue weighted by atomic mass is 19.4. The molecular formula is C9H15F3N4. The fourth-order valence-electron chi connectivity index (χ4n) is 1.41. The lowest BCUT2D eigenvalue weighted by Crippen LogP contribution is -2.19. The van der Waals surface area contributed by atoms with Crippen molar-refractivity contribution in [3.8, 4) is 0 Å². The zero-order valence-corrected chi connectivity index (χ0v) is 9.04. The van der Waals surface area contributed by atoms with Crippen molar-refractivity contribution in [3.63, 3.8) is 0 Å². The number of hydrogen-bond acceptors (Lipinski definition) is 3. The largest absolute Gasteiger partial charge is 0.389 e. The molecule has 7 heteroatoms. The molecule has 0 saturated carbocycles. The number of nitrogens with two attached hydrogens (primary N) is 1. The average molecular weight is 236 g/mol. The van der Waals surface area contributed by atoms with E-state index in [0.29, 0.717) is 12.2 Å². The monoisotopic (exact) mass is 236 g/mol. The van der Waals surface area contributed by atoms with E-state index in [9.17, 15) is 13.2 Å². The van der Waals surface area contributed by atoms with Gasteiger partial charge in [0.25, 0.3) is 0 Å². The summed E-state index contributed by atoms with van der Waals surface area (Å²) in [6.07, 6.45) is -2.92. The second-order valence-electron chi connectivity index (χ2n) is 3.64. The van der Waals surface area contributed by atoms with E-state index in [0.717, 1.165) is 6.42 Å². The standard InChI is InChI=1S/C9H15F3N4/c1-2-5-16-8(6-14-15-16)7(13)3-4-9(10,11)12/h6-7H,2-5,13H2,1H3. The van der Waals surface area contributed by atoms with Gasteiger partial charge in [-0.15, -0.1) is 5.10 Å². The van der Waals surface area contributed by atoms with Crippen LogP contribution in [0.5, 0.6) is 0 Å². The maximum absolute atomic E-state index is 12.0. The van der Waals surface area contributed by atoms with E-state index >= 15 is 0 Å². The molecule has 0 fully saturated rings. The Hall–Kier alpha value is -1.11. The number of alkyl halides is 3. The maximum Gasteiger partial charge on any atom is 0.389 e. The lowest BCUT2D eigenvalue weighted by atomic mass is 10.1. The molecule has 0 radical (unpaired) electrons. The van der Waals surface area contributed by atoms with Gasteiger partial charge in [-0.2, -0.15) is 13.2 Å². The van der Waals surface area contributed by atoms with E-state index in [-0.39, 0.29) is 6.42 Å². The van der Waals surface area contributed by atoms with Crippen LogP contribution in [0.4, 0.5) is 13.2 Å². The number of hydrogen-bond donors (Lipinski definition) is 1. The second-order valence-corrected chi connectivity index (χ2v) is 3.64. The lowest BCUT2D eigenvalue weighted by molar-refractivity contribution is -0.136. The highest BCUT2D eigenvalue weighted by molar-refractivity contribution is 5.01. The van der Waals surface area contributed by atoms with Gasteiger partial charge in [0.05, 0.1) is 11.9 Å². The molecule has 1 heterocycles. The first-order chi connectivity index (χ1) is 7.44. The van der Waals surface area contributed by atoms with Crippen molar-refractivity contribution in [2.75, 3.05) is 0 Å². The fraction of sp³-hybridized carbons (Fsp3) is 0.778. The van der Waals surface area contributed by atoms with Crippen molar-refractivity contribution in [3.05, 3.63) is 11.9 Å². The minimum Gasteiger partial charge on any atom is -0.323 e. The predicted octanol–water partition coefficient (Wildman–Crippen LogP) is 2.03. The van der Waals surface area contributed by atoms with Crippen LogP contribution in [0.3, 0.4) is 0 Å². The molecule has 1 unspecified atom stereocenters. The first-order valence-corrected chi connectivity index (χ1v) is 5.14. The van der Waals surface area contributed by atoms with Gasteiger partial charge >= 0.3 is 6.18 Å². The van der Waals surface area contributed by atoms with Gasteiger partial charge in [-0.05, 0) is 12.8 Å². The molecular weight excluding hydrogens is 221 g/mol. The van der Waals surface area contributed by atoms with Crippen LogP contribution in [0.2, 0.25) is 0 Å². The van der Waals surface area contributed by atoms with Crippen molar-refractivity contribution < 1.29 is 13.2 Å². The van der Waals surface area contributed by atoms with Crippen molar-refractivity contribution in [2.45, 2.75) is 44.9 Å². The molecule has 0 aliphatic heterocycles. The Bertz CT molecular complexity index is 321. The molecule has 0 aliphatic rings. The fourth-order valence-corrected chi connectivity index (χ4v) is 1.41. The van der Waals surface area contributed by atoms with Gasteiger partial charge in [-0.3, -0.25) is 0 Å². The average Bonchev–Trinajstić information content (AvgIpc) is 2.62. The van der Waals surface area contributed by atoms with Crippen LogP contribution in [-0.4, -0.2) is 21.2 Å². The maximum atomic E-state index is 12.0. The molecule has 0 spiro atoms. The van der Waals surface area contributed by atoms with Crippen LogP contribution >= 0.6 is 0 Å². The molecule has 1 rings (SSSR count). The van der Waals surface area contributed by atoms with Gasteiger partial charge in [-0.1, -0.05) is 12.1 Å². The van der Waals surface area contributed by atoms with Gasteiger partial charge in [0.15, 0.2) is 0 Å². The smallest absolute Gasteiger partial charge is 0.323 e. The summed E-state index contributed by atoms with van der Waals surface area (Å²) < 4.78 is 37.6. The van der Waals surface area contributed by atoms with E-state index in [1.807, 2.05) is 6.92 Å². The van der Waals surface area contributed by atoms with E-state index in [4.69, 9.17) is 5.73 Å². The summed E-state index contributed by atoms with van der Waals surface area (Å²) in [5, 5.41) is 7.43. The summed E-state index contributed by atoms with van der Waals surface area (Å²) in [6.45, 7) is 2.57. The van der Waals surface area contributed by atoms with Crippen LogP contribution in [-0.2, 0) is 6.54 Å². The zero-order chi connectivity index (χ0) is 12.2. The quantitative estimate of drug-likeness (QED) is 0.851. The van der Waals surface area contributed by atoms with Gasteiger partial charge in [0.1, 0.15) is 0 Å².